The lowest BCUT2D eigenvalue weighted by Gasteiger charge is -2.18. The van der Waals surface area contributed by atoms with E-state index >= 15 is 0 Å². The van der Waals surface area contributed by atoms with Crippen molar-refractivity contribution in [1.29, 1.82) is 0 Å². The first-order valence-electron chi connectivity index (χ1n) is 7.28. The molecule has 0 aromatic carbocycles. The molecule has 0 aromatic heterocycles. The molecular weight excluding hydrogens is 244 g/mol. The Balaban J connectivity index is 2.03. The van der Waals surface area contributed by atoms with E-state index in [9.17, 15) is 14.7 Å². The predicted octanol–water partition coefficient (Wildman–Crippen LogP) is 0.960. The van der Waals surface area contributed by atoms with E-state index in [2.05, 4.69) is 10.6 Å². The van der Waals surface area contributed by atoms with Crippen LogP contribution in [0, 0.1) is 5.92 Å². The molecule has 1 saturated carbocycles. The van der Waals surface area contributed by atoms with Crippen molar-refractivity contribution in [2.45, 2.75) is 57.9 Å². The zero-order chi connectivity index (χ0) is 14.1. The van der Waals surface area contributed by atoms with E-state index in [4.69, 9.17) is 0 Å². The van der Waals surface area contributed by atoms with Crippen LogP contribution < -0.4 is 10.6 Å². The Labute approximate surface area is 115 Å². The van der Waals surface area contributed by atoms with Gasteiger partial charge in [0.05, 0.1) is 0 Å². The SMILES string of the molecule is CC(=O)NCCCCCC(=O)NC1CCCC1CO. The fourth-order valence-electron chi connectivity index (χ4n) is 2.58. The lowest BCUT2D eigenvalue weighted by molar-refractivity contribution is -0.122. The number of rotatable bonds is 8. The fourth-order valence-corrected chi connectivity index (χ4v) is 2.58. The number of nitrogens with one attached hydrogen (secondary N) is 2. The normalized spacial score (nSPS) is 22.2. The fraction of sp³-hybridized carbons (Fsp3) is 0.857. The third kappa shape index (κ3) is 6.57. The quantitative estimate of drug-likeness (QED) is 0.575. The van der Waals surface area contributed by atoms with Crippen LogP contribution in [0.15, 0.2) is 0 Å². The van der Waals surface area contributed by atoms with Gasteiger partial charge in [0.1, 0.15) is 0 Å². The maximum atomic E-state index is 11.7. The molecule has 0 heterocycles. The van der Waals surface area contributed by atoms with E-state index in [1.807, 2.05) is 0 Å². The van der Waals surface area contributed by atoms with Gasteiger partial charge >= 0.3 is 0 Å². The standard InChI is InChI=1S/C14H26N2O3/c1-11(18)15-9-4-2-3-8-14(19)16-13-7-5-6-12(13)10-17/h12-13,17H,2-10H2,1H3,(H,15,18)(H,16,19). The van der Waals surface area contributed by atoms with Gasteiger partial charge in [-0.1, -0.05) is 12.8 Å². The van der Waals surface area contributed by atoms with Gasteiger partial charge < -0.3 is 15.7 Å². The molecule has 0 aliphatic heterocycles. The van der Waals surface area contributed by atoms with Gasteiger partial charge in [-0.3, -0.25) is 9.59 Å². The second-order valence-corrected chi connectivity index (χ2v) is 5.34. The summed E-state index contributed by atoms with van der Waals surface area (Å²) in [4.78, 5) is 22.4. The number of hydrogen-bond acceptors (Lipinski definition) is 3. The Morgan fingerprint density at radius 2 is 2.00 bits per heavy atom. The molecule has 2 amide bonds. The van der Waals surface area contributed by atoms with E-state index in [0.717, 1.165) is 38.5 Å². The second kappa shape index (κ2) is 8.91. The van der Waals surface area contributed by atoms with E-state index in [0.29, 0.717) is 13.0 Å². The van der Waals surface area contributed by atoms with Crippen LogP contribution in [0.3, 0.4) is 0 Å². The zero-order valence-corrected chi connectivity index (χ0v) is 11.8. The van der Waals surface area contributed by atoms with Crippen LogP contribution in [-0.4, -0.2) is 36.1 Å². The molecule has 0 spiro atoms. The van der Waals surface area contributed by atoms with E-state index in [1.54, 1.807) is 0 Å². The van der Waals surface area contributed by atoms with Crippen LogP contribution in [-0.2, 0) is 9.59 Å². The van der Waals surface area contributed by atoms with Crippen molar-refractivity contribution in [2.24, 2.45) is 5.92 Å². The molecule has 2 atom stereocenters. The summed E-state index contributed by atoms with van der Waals surface area (Å²) in [7, 11) is 0. The number of aliphatic hydroxyl groups is 1. The molecule has 2 unspecified atom stereocenters. The topological polar surface area (TPSA) is 78.4 Å². The second-order valence-electron chi connectivity index (χ2n) is 5.34. The van der Waals surface area contributed by atoms with Gasteiger partial charge in [-0.2, -0.15) is 0 Å². The molecule has 19 heavy (non-hydrogen) atoms. The number of aliphatic hydroxyl groups excluding tert-OH is 1. The van der Waals surface area contributed by atoms with Crippen molar-refractivity contribution >= 4 is 11.8 Å². The molecule has 1 aliphatic carbocycles. The van der Waals surface area contributed by atoms with Crippen molar-refractivity contribution in [3.05, 3.63) is 0 Å². The van der Waals surface area contributed by atoms with Crippen LogP contribution in [0.2, 0.25) is 0 Å². The minimum Gasteiger partial charge on any atom is -0.396 e. The van der Waals surface area contributed by atoms with Crippen molar-refractivity contribution in [1.82, 2.24) is 10.6 Å². The Bertz CT molecular complexity index is 294. The highest BCUT2D eigenvalue weighted by molar-refractivity contribution is 5.76. The maximum Gasteiger partial charge on any atom is 0.220 e. The van der Waals surface area contributed by atoms with E-state index < -0.39 is 0 Å². The van der Waals surface area contributed by atoms with E-state index in [-0.39, 0.29) is 30.4 Å². The largest absolute Gasteiger partial charge is 0.396 e. The first-order valence-corrected chi connectivity index (χ1v) is 7.28. The van der Waals surface area contributed by atoms with Crippen molar-refractivity contribution in [3.8, 4) is 0 Å². The number of unbranched alkanes of at least 4 members (excludes halogenated alkanes) is 2. The van der Waals surface area contributed by atoms with Gasteiger partial charge in [0, 0.05) is 38.5 Å². The van der Waals surface area contributed by atoms with Crippen molar-refractivity contribution < 1.29 is 14.7 Å². The van der Waals surface area contributed by atoms with Gasteiger partial charge in [-0.05, 0) is 25.7 Å². The average molecular weight is 270 g/mol. The monoisotopic (exact) mass is 270 g/mol. The molecule has 5 nitrogen and oxygen atoms in total. The number of carbonyl (C=O) groups is 2. The molecule has 3 N–H and O–H groups in total. The molecule has 1 fully saturated rings. The number of hydrogen-bond donors (Lipinski definition) is 3. The summed E-state index contributed by atoms with van der Waals surface area (Å²) in [6.07, 6.45) is 6.33. The summed E-state index contributed by atoms with van der Waals surface area (Å²) < 4.78 is 0. The van der Waals surface area contributed by atoms with Crippen molar-refractivity contribution in [2.75, 3.05) is 13.2 Å². The molecule has 1 aliphatic rings. The summed E-state index contributed by atoms with van der Waals surface area (Å²) in [6.45, 7) is 2.36. The van der Waals surface area contributed by atoms with Crippen LogP contribution in [0.1, 0.15) is 51.9 Å². The summed E-state index contributed by atoms with van der Waals surface area (Å²) in [6, 6.07) is 0.164. The molecule has 0 radical (unpaired) electrons. The minimum absolute atomic E-state index is 0.00554. The molecule has 110 valence electrons. The molecule has 0 bridgehead atoms. The van der Waals surface area contributed by atoms with Crippen LogP contribution in [0.5, 0.6) is 0 Å². The highest BCUT2D eigenvalue weighted by Gasteiger charge is 2.27. The van der Waals surface area contributed by atoms with Crippen LogP contribution in [0.4, 0.5) is 0 Å². The third-order valence-corrected chi connectivity index (χ3v) is 3.69. The maximum absolute atomic E-state index is 11.7. The molecular formula is C14H26N2O3. The van der Waals surface area contributed by atoms with Gasteiger partial charge in [-0.25, -0.2) is 0 Å². The summed E-state index contributed by atoms with van der Waals surface area (Å²) in [5, 5.41) is 14.9. The lowest BCUT2D eigenvalue weighted by Crippen LogP contribution is -2.38. The Kier molecular flexibility index (Phi) is 7.48. The summed E-state index contributed by atoms with van der Waals surface area (Å²) in [5.41, 5.74) is 0. The summed E-state index contributed by atoms with van der Waals surface area (Å²) in [5.74, 6) is 0.322. The highest BCUT2D eigenvalue weighted by atomic mass is 16.3. The summed E-state index contributed by atoms with van der Waals surface area (Å²) >= 11 is 0. The zero-order valence-electron chi connectivity index (χ0n) is 11.8. The smallest absolute Gasteiger partial charge is 0.220 e. The van der Waals surface area contributed by atoms with Gasteiger partial charge in [-0.15, -0.1) is 0 Å². The van der Waals surface area contributed by atoms with Crippen LogP contribution >= 0.6 is 0 Å². The molecule has 0 saturated heterocycles. The van der Waals surface area contributed by atoms with Gasteiger partial charge in [0.15, 0.2) is 0 Å². The molecule has 1 rings (SSSR count). The van der Waals surface area contributed by atoms with Crippen molar-refractivity contribution in [3.63, 3.8) is 0 Å². The number of amides is 2. The highest BCUT2D eigenvalue weighted by Crippen LogP contribution is 2.25. The first-order chi connectivity index (χ1) is 9.13. The number of carbonyl (C=O) groups excluding carboxylic acids is 2. The third-order valence-electron chi connectivity index (χ3n) is 3.69. The molecule has 0 aromatic rings. The average Bonchev–Trinajstić information content (AvgIpc) is 2.80. The first kappa shape index (κ1) is 16.0. The van der Waals surface area contributed by atoms with Gasteiger partial charge in [0.2, 0.25) is 11.8 Å². The predicted molar refractivity (Wildman–Crippen MR) is 73.5 cm³/mol. The minimum atomic E-state index is -0.00554. The lowest BCUT2D eigenvalue weighted by atomic mass is 10.0. The van der Waals surface area contributed by atoms with E-state index in [1.165, 1.54) is 6.92 Å². The Hall–Kier alpha value is -1.10. The van der Waals surface area contributed by atoms with Crippen LogP contribution in [0.25, 0.3) is 0 Å². The molecule has 5 heteroatoms. The Morgan fingerprint density at radius 1 is 1.21 bits per heavy atom. The van der Waals surface area contributed by atoms with Gasteiger partial charge in [0.25, 0.3) is 0 Å². The Morgan fingerprint density at radius 3 is 2.68 bits per heavy atom.